The molecule has 1 fully saturated rings. The number of benzene rings is 2. The molecular formula is C21H24N2O4. The first-order chi connectivity index (χ1) is 13.1. The molecule has 27 heavy (non-hydrogen) atoms. The Labute approximate surface area is 159 Å². The molecule has 0 radical (unpaired) electrons. The van der Waals surface area contributed by atoms with Gasteiger partial charge in [-0.15, -0.1) is 0 Å². The minimum atomic E-state index is -0.133. The molecule has 1 aliphatic heterocycles. The molecule has 2 aromatic carbocycles. The highest BCUT2D eigenvalue weighted by atomic mass is 16.5. The Morgan fingerprint density at radius 1 is 1.00 bits per heavy atom. The van der Waals surface area contributed by atoms with Gasteiger partial charge in [0.1, 0.15) is 11.5 Å². The SMILES string of the molecule is CCc1ccccc1OCC(=O)N1CCN(C(=O)c2cccc(O)c2)CC1. The van der Waals surface area contributed by atoms with Gasteiger partial charge >= 0.3 is 0 Å². The van der Waals surface area contributed by atoms with Crippen LogP contribution in [0.4, 0.5) is 0 Å². The summed E-state index contributed by atoms with van der Waals surface area (Å²) < 4.78 is 5.70. The number of phenolic OH excluding ortho intramolecular Hbond substituents is 1. The average Bonchev–Trinajstić information content (AvgIpc) is 2.71. The molecule has 2 amide bonds. The van der Waals surface area contributed by atoms with Gasteiger partial charge in [-0.2, -0.15) is 0 Å². The van der Waals surface area contributed by atoms with Crippen LogP contribution >= 0.6 is 0 Å². The van der Waals surface area contributed by atoms with E-state index in [-0.39, 0.29) is 24.2 Å². The first-order valence-electron chi connectivity index (χ1n) is 9.15. The smallest absolute Gasteiger partial charge is 0.260 e. The normalized spacial score (nSPS) is 14.1. The lowest BCUT2D eigenvalue weighted by molar-refractivity contribution is -0.134. The monoisotopic (exact) mass is 368 g/mol. The number of phenols is 1. The first-order valence-corrected chi connectivity index (χ1v) is 9.15. The summed E-state index contributed by atoms with van der Waals surface area (Å²) in [6, 6.07) is 14.0. The fourth-order valence-corrected chi connectivity index (χ4v) is 3.15. The summed E-state index contributed by atoms with van der Waals surface area (Å²) in [5.74, 6) is 0.599. The van der Waals surface area contributed by atoms with Crippen LogP contribution in [0, 0.1) is 0 Å². The number of aromatic hydroxyl groups is 1. The van der Waals surface area contributed by atoms with Crippen molar-refractivity contribution in [1.82, 2.24) is 9.80 Å². The number of nitrogens with zero attached hydrogens (tertiary/aromatic N) is 2. The molecule has 0 spiro atoms. The molecule has 1 saturated heterocycles. The van der Waals surface area contributed by atoms with E-state index in [1.165, 1.54) is 12.1 Å². The molecule has 6 nitrogen and oxygen atoms in total. The highest BCUT2D eigenvalue weighted by Crippen LogP contribution is 2.19. The third kappa shape index (κ3) is 4.58. The molecule has 0 atom stereocenters. The van der Waals surface area contributed by atoms with Gasteiger partial charge in [0.05, 0.1) is 0 Å². The molecule has 1 aliphatic rings. The molecular weight excluding hydrogens is 344 g/mol. The summed E-state index contributed by atoms with van der Waals surface area (Å²) in [6.45, 7) is 3.92. The van der Waals surface area contributed by atoms with E-state index in [9.17, 15) is 14.7 Å². The lowest BCUT2D eigenvalue weighted by atomic mass is 10.1. The van der Waals surface area contributed by atoms with Crippen LogP contribution in [-0.2, 0) is 11.2 Å². The summed E-state index contributed by atoms with van der Waals surface area (Å²) >= 11 is 0. The maximum atomic E-state index is 12.5. The van der Waals surface area contributed by atoms with Crippen molar-refractivity contribution in [2.45, 2.75) is 13.3 Å². The van der Waals surface area contributed by atoms with E-state index >= 15 is 0 Å². The molecule has 2 aromatic rings. The van der Waals surface area contributed by atoms with Gasteiger partial charge in [-0.05, 0) is 36.2 Å². The fourth-order valence-electron chi connectivity index (χ4n) is 3.15. The Morgan fingerprint density at radius 3 is 2.41 bits per heavy atom. The lowest BCUT2D eigenvalue weighted by Gasteiger charge is -2.34. The number of aryl methyl sites for hydroxylation is 1. The average molecular weight is 368 g/mol. The zero-order valence-corrected chi connectivity index (χ0v) is 15.4. The maximum Gasteiger partial charge on any atom is 0.260 e. The van der Waals surface area contributed by atoms with Gasteiger partial charge in [-0.25, -0.2) is 0 Å². The summed E-state index contributed by atoms with van der Waals surface area (Å²) in [5, 5.41) is 9.53. The third-order valence-electron chi connectivity index (χ3n) is 4.72. The number of carbonyl (C=O) groups excluding carboxylic acids is 2. The predicted octanol–water partition coefficient (Wildman–Crippen LogP) is 2.32. The van der Waals surface area contributed by atoms with Crippen LogP contribution in [0.5, 0.6) is 11.5 Å². The Bertz CT molecular complexity index is 813. The number of ether oxygens (including phenoxy) is 1. The van der Waals surface area contributed by atoms with E-state index in [0.717, 1.165) is 17.7 Å². The van der Waals surface area contributed by atoms with Crippen LogP contribution < -0.4 is 4.74 Å². The fraction of sp³-hybridized carbons (Fsp3) is 0.333. The topological polar surface area (TPSA) is 70.1 Å². The molecule has 0 unspecified atom stereocenters. The zero-order valence-electron chi connectivity index (χ0n) is 15.4. The van der Waals surface area contributed by atoms with E-state index in [0.29, 0.717) is 31.7 Å². The second-order valence-corrected chi connectivity index (χ2v) is 6.47. The quantitative estimate of drug-likeness (QED) is 0.879. The maximum absolute atomic E-state index is 12.5. The van der Waals surface area contributed by atoms with Crippen molar-refractivity contribution < 1.29 is 19.4 Å². The molecule has 6 heteroatoms. The van der Waals surface area contributed by atoms with E-state index < -0.39 is 0 Å². The van der Waals surface area contributed by atoms with Crippen LogP contribution in [0.15, 0.2) is 48.5 Å². The highest BCUT2D eigenvalue weighted by Gasteiger charge is 2.25. The minimum Gasteiger partial charge on any atom is -0.508 e. The van der Waals surface area contributed by atoms with Crippen molar-refractivity contribution in [3.63, 3.8) is 0 Å². The van der Waals surface area contributed by atoms with E-state index in [1.807, 2.05) is 31.2 Å². The molecule has 0 aliphatic carbocycles. The van der Waals surface area contributed by atoms with Gasteiger partial charge in [-0.3, -0.25) is 9.59 Å². The summed E-state index contributed by atoms with van der Waals surface area (Å²) in [7, 11) is 0. The molecule has 1 heterocycles. The summed E-state index contributed by atoms with van der Waals surface area (Å²) in [5.41, 5.74) is 1.53. The second-order valence-electron chi connectivity index (χ2n) is 6.47. The number of piperazine rings is 1. The van der Waals surface area contributed by atoms with Gasteiger partial charge in [0.15, 0.2) is 6.61 Å². The molecule has 1 N–H and O–H groups in total. The molecule has 142 valence electrons. The zero-order chi connectivity index (χ0) is 19.2. The minimum absolute atomic E-state index is 0.00246. The third-order valence-corrected chi connectivity index (χ3v) is 4.72. The molecule has 3 rings (SSSR count). The van der Waals surface area contributed by atoms with Gasteiger partial charge in [0.2, 0.25) is 0 Å². The van der Waals surface area contributed by atoms with E-state index in [2.05, 4.69) is 0 Å². The first kappa shape index (κ1) is 18.8. The molecule has 0 aromatic heterocycles. The number of carbonyl (C=O) groups is 2. The summed E-state index contributed by atoms with van der Waals surface area (Å²) in [4.78, 5) is 28.3. The lowest BCUT2D eigenvalue weighted by Crippen LogP contribution is -2.51. The van der Waals surface area contributed by atoms with Crippen LogP contribution in [0.3, 0.4) is 0 Å². The van der Waals surface area contributed by atoms with Crippen LogP contribution in [-0.4, -0.2) is 59.5 Å². The number of amides is 2. The van der Waals surface area contributed by atoms with Crippen LogP contribution in [0.25, 0.3) is 0 Å². The van der Waals surface area contributed by atoms with Gasteiger partial charge < -0.3 is 19.6 Å². The second kappa shape index (κ2) is 8.58. The number of rotatable bonds is 5. The molecule has 0 saturated carbocycles. The summed E-state index contributed by atoms with van der Waals surface area (Å²) in [6.07, 6.45) is 0.847. The van der Waals surface area contributed by atoms with Crippen molar-refractivity contribution in [3.05, 3.63) is 59.7 Å². The van der Waals surface area contributed by atoms with E-state index in [1.54, 1.807) is 21.9 Å². The standard InChI is InChI=1S/C21H24N2O4/c1-2-16-6-3-4-9-19(16)27-15-20(25)22-10-12-23(13-11-22)21(26)17-7-5-8-18(24)14-17/h3-9,14,24H,2,10-13,15H2,1H3. The Morgan fingerprint density at radius 2 is 1.70 bits per heavy atom. The van der Waals surface area contributed by atoms with Gasteiger partial charge in [-0.1, -0.05) is 31.2 Å². The molecule has 0 bridgehead atoms. The highest BCUT2D eigenvalue weighted by molar-refractivity contribution is 5.94. The van der Waals surface area contributed by atoms with E-state index in [4.69, 9.17) is 4.74 Å². The predicted molar refractivity (Wildman–Crippen MR) is 102 cm³/mol. The Balaban J connectivity index is 1.51. The van der Waals surface area contributed by atoms with Crippen LogP contribution in [0.2, 0.25) is 0 Å². The number of hydrogen-bond acceptors (Lipinski definition) is 4. The van der Waals surface area contributed by atoms with Gasteiger partial charge in [0.25, 0.3) is 11.8 Å². The van der Waals surface area contributed by atoms with Gasteiger partial charge in [0, 0.05) is 31.7 Å². The van der Waals surface area contributed by atoms with Crippen LogP contribution in [0.1, 0.15) is 22.8 Å². The van der Waals surface area contributed by atoms with Crippen molar-refractivity contribution in [2.75, 3.05) is 32.8 Å². The Kier molecular flexibility index (Phi) is 5.96. The number of para-hydroxylation sites is 1. The Hall–Kier alpha value is -3.02. The van der Waals surface area contributed by atoms with Crippen molar-refractivity contribution in [2.24, 2.45) is 0 Å². The van der Waals surface area contributed by atoms with Crippen molar-refractivity contribution in [3.8, 4) is 11.5 Å². The van der Waals surface area contributed by atoms with Crippen molar-refractivity contribution in [1.29, 1.82) is 0 Å². The van der Waals surface area contributed by atoms with Crippen molar-refractivity contribution >= 4 is 11.8 Å². The largest absolute Gasteiger partial charge is 0.508 e. The number of hydrogen-bond donors (Lipinski definition) is 1.